The summed E-state index contributed by atoms with van der Waals surface area (Å²) in [6, 6.07) is 0.418. The summed E-state index contributed by atoms with van der Waals surface area (Å²) in [5.74, 6) is -0.918. The van der Waals surface area contributed by atoms with Crippen LogP contribution in [0.2, 0.25) is 0 Å². The van der Waals surface area contributed by atoms with Gasteiger partial charge in [-0.2, -0.15) is 0 Å². The molecule has 0 rings (SSSR count). The first-order chi connectivity index (χ1) is 6.11. The fourth-order valence-corrected chi connectivity index (χ4v) is 1.14. The van der Waals surface area contributed by atoms with Crippen LogP contribution in [0.5, 0.6) is 0 Å². The highest BCUT2D eigenvalue weighted by Gasteiger charge is 2.07. The molecule has 0 aliphatic carbocycles. The molecule has 0 radical (unpaired) electrons. The number of aliphatic carboxylic acids is 1. The fraction of sp³-hybridized carbons (Fsp3) is 0.700. The van der Waals surface area contributed by atoms with Gasteiger partial charge >= 0.3 is 5.97 Å². The highest BCUT2D eigenvalue weighted by molar-refractivity contribution is 5.86. The van der Waals surface area contributed by atoms with E-state index < -0.39 is 5.97 Å². The van der Waals surface area contributed by atoms with Gasteiger partial charge in [-0.05, 0) is 12.8 Å². The van der Waals surface area contributed by atoms with E-state index in [2.05, 4.69) is 25.7 Å². The molecule has 3 heteroatoms. The highest BCUT2D eigenvalue weighted by Crippen LogP contribution is 2.01. The van der Waals surface area contributed by atoms with Crippen LogP contribution in [-0.2, 0) is 4.79 Å². The van der Waals surface area contributed by atoms with E-state index in [4.69, 9.17) is 5.11 Å². The van der Waals surface area contributed by atoms with Crippen molar-refractivity contribution in [1.29, 1.82) is 0 Å². The Morgan fingerprint density at radius 1 is 1.54 bits per heavy atom. The molecule has 0 fully saturated rings. The molecule has 2 N–H and O–H groups in total. The van der Waals surface area contributed by atoms with E-state index >= 15 is 0 Å². The molecule has 0 bridgehead atoms. The lowest BCUT2D eigenvalue weighted by molar-refractivity contribution is -0.132. The molecule has 76 valence electrons. The fourth-order valence-electron chi connectivity index (χ4n) is 1.14. The molecule has 1 atom stereocenters. The maximum absolute atomic E-state index is 10.4. The van der Waals surface area contributed by atoms with E-state index in [1.807, 2.05) is 0 Å². The van der Waals surface area contributed by atoms with Crippen LogP contribution in [0, 0.1) is 0 Å². The molecule has 0 amide bonds. The van der Waals surface area contributed by atoms with Crippen molar-refractivity contribution in [2.75, 3.05) is 6.54 Å². The normalized spacial score (nSPS) is 12.5. The number of rotatable bonds is 7. The number of nitrogens with one attached hydrogen (secondary N) is 1. The van der Waals surface area contributed by atoms with Crippen molar-refractivity contribution in [2.24, 2.45) is 0 Å². The molecule has 0 aromatic heterocycles. The van der Waals surface area contributed by atoms with Crippen LogP contribution in [0.1, 0.15) is 33.1 Å². The molecule has 0 heterocycles. The lowest BCUT2D eigenvalue weighted by Gasteiger charge is -2.15. The Bertz CT molecular complexity index is 178. The zero-order valence-electron chi connectivity index (χ0n) is 8.47. The molecule has 0 saturated carbocycles. The second kappa shape index (κ2) is 6.66. The van der Waals surface area contributed by atoms with Crippen LogP contribution in [0.4, 0.5) is 0 Å². The third-order valence-electron chi connectivity index (χ3n) is 2.04. The van der Waals surface area contributed by atoms with Crippen LogP contribution in [0.3, 0.4) is 0 Å². The quantitative estimate of drug-likeness (QED) is 0.594. The first-order valence-corrected chi connectivity index (χ1v) is 4.76. The van der Waals surface area contributed by atoms with E-state index in [-0.39, 0.29) is 5.57 Å². The smallest absolute Gasteiger partial charge is 0.332 e. The van der Waals surface area contributed by atoms with Crippen LogP contribution in [-0.4, -0.2) is 23.7 Å². The van der Waals surface area contributed by atoms with E-state index in [0.717, 1.165) is 19.3 Å². The molecule has 0 aromatic rings. The van der Waals surface area contributed by atoms with Gasteiger partial charge in [0, 0.05) is 18.2 Å². The van der Waals surface area contributed by atoms with Crippen molar-refractivity contribution in [2.45, 2.75) is 39.2 Å². The van der Waals surface area contributed by atoms with Crippen molar-refractivity contribution < 1.29 is 9.90 Å². The minimum Gasteiger partial charge on any atom is -0.478 e. The Kier molecular flexibility index (Phi) is 6.24. The van der Waals surface area contributed by atoms with Gasteiger partial charge in [-0.25, -0.2) is 4.79 Å². The zero-order chi connectivity index (χ0) is 10.3. The predicted octanol–water partition coefficient (Wildman–Crippen LogP) is 1.80. The van der Waals surface area contributed by atoms with Crippen molar-refractivity contribution in [3.63, 3.8) is 0 Å². The summed E-state index contributed by atoms with van der Waals surface area (Å²) < 4.78 is 0. The Labute approximate surface area is 79.8 Å². The summed E-state index contributed by atoms with van der Waals surface area (Å²) in [6.07, 6.45) is 3.23. The van der Waals surface area contributed by atoms with Gasteiger partial charge in [0.2, 0.25) is 0 Å². The van der Waals surface area contributed by atoms with Gasteiger partial charge < -0.3 is 10.4 Å². The monoisotopic (exact) mass is 185 g/mol. The van der Waals surface area contributed by atoms with Gasteiger partial charge in [-0.1, -0.05) is 26.8 Å². The molecule has 0 spiro atoms. The van der Waals surface area contributed by atoms with Gasteiger partial charge in [-0.3, -0.25) is 0 Å². The van der Waals surface area contributed by atoms with E-state index in [1.165, 1.54) is 0 Å². The van der Waals surface area contributed by atoms with E-state index in [0.29, 0.717) is 12.6 Å². The maximum atomic E-state index is 10.4. The summed E-state index contributed by atoms with van der Waals surface area (Å²) >= 11 is 0. The van der Waals surface area contributed by atoms with E-state index in [9.17, 15) is 4.79 Å². The van der Waals surface area contributed by atoms with Crippen LogP contribution >= 0.6 is 0 Å². The topological polar surface area (TPSA) is 49.3 Å². The zero-order valence-corrected chi connectivity index (χ0v) is 8.47. The second-order valence-corrected chi connectivity index (χ2v) is 3.18. The molecule has 3 nitrogen and oxygen atoms in total. The lowest BCUT2D eigenvalue weighted by atomic mass is 10.1. The van der Waals surface area contributed by atoms with Gasteiger partial charge in [0.1, 0.15) is 0 Å². The Morgan fingerprint density at radius 3 is 2.54 bits per heavy atom. The van der Waals surface area contributed by atoms with Gasteiger partial charge in [-0.15, -0.1) is 0 Å². The van der Waals surface area contributed by atoms with Gasteiger partial charge in [0.15, 0.2) is 0 Å². The Balaban J connectivity index is 3.71. The summed E-state index contributed by atoms with van der Waals surface area (Å²) in [7, 11) is 0. The van der Waals surface area contributed by atoms with Crippen molar-refractivity contribution in [3.05, 3.63) is 12.2 Å². The Hall–Kier alpha value is -0.830. The molecule has 0 saturated heterocycles. The minimum atomic E-state index is -0.918. The highest BCUT2D eigenvalue weighted by atomic mass is 16.4. The summed E-state index contributed by atoms with van der Waals surface area (Å²) in [5, 5.41) is 11.7. The minimum absolute atomic E-state index is 0.231. The number of carboxylic acid groups (broad SMARTS) is 1. The molecule has 0 aliphatic rings. The standard InChI is InChI=1S/C10H19NO2/c1-4-6-9(5-2)11-7-8(3)10(12)13/h9,11H,3-7H2,1-2H3,(H,12,13). The number of hydrogen-bond acceptors (Lipinski definition) is 2. The SMILES string of the molecule is C=C(CNC(CC)CCC)C(=O)O. The average Bonchev–Trinajstić information content (AvgIpc) is 2.11. The molecular formula is C10H19NO2. The third-order valence-corrected chi connectivity index (χ3v) is 2.04. The average molecular weight is 185 g/mol. The number of carbonyl (C=O) groups is 1. The van der Waals surface area contributed by atoms with Crippen molar-refractivity contribution >= 4 is 5.97 Å². The van der Waals surface area contributed by atoms with Crippen LogP contribution in [0.15, 0.2) is 12.2 Å². The molecule has 13 heavy (non-hydrogen) atoms. The van der Waals surface area contributed by atoms with Crippen molar-refractivity contribution in [3.8, 4) is 0 Å². The van der Waals surface area contributed by atoms with Crippen LogP contribution < -0.4 is 5.32 Å². The summed E-state index contributed by atoms with van der Waals surface area (Å²) in [4.78, 5) is 10.4. The second-order valence-electron chi connectivity index (χ2n) is 3.18. The summed E-state index contributed by atoms with van der Waals surface area (Å²) in [6.45, 7) is 8.06. The largest absolute Gasteiger partial charge is 0.478 e. The first kappa shape index (κ1) is 12.2. The number of hydrogen-bond donors (Lipinski definition) is 2. The van der Waals surface area contributed by atoms with Crippen molar-refractivity contribution in [1.82, 2.24) is 5.32 Å². The predicted molar refractivity (Wildman–Crippen MR) is 53.8 cm³/mol. The molecule has 1 unspecified atom stereocenters. The lowest BCUT2D eigenvalue weighted by Crippen LogP contribution is -2.31. The first-order valence-electron chi connectivity index (χ1n) is 4.76. The molecule has 0 aromatic carbocycles. The van der Waals surface area contributed by atoms with E-state index in [1.54, 1.807) is 0 Å². The maximum Gasteiger partial charge on any atom is 0.332 e. The van der Waals surface area contributed by atoms with Gasteiger partial charge in [0.05, 0.1) is 0 Å². The Morgan fingerprint density at radius 2 is 2.15 bits per heavy atom. The summed E-state index contributed by atoms with van der Waals surface area (Å²) in [5.41, 5.74) is 0.231. The van der Waals surface area contributed by atoms with Gasteiger partial charge in [0.25, 0.3) is 0 Å². The molecule has 0 aliphatic heterocycles. The third kappa shape index (κ3) is 5.42. The molecular weight excluding hydrogens is 166 g/mol. The number of carboxylic acids is 1. The van der Waals surface area contributed by atoms with Crippen LogP contribution in [0.25, 0.3) is 0 Å².